The van der Waals surface area contributed by atoms with Crippen LogP contribution in [0.5, 0.6) is 0 Å². The number of nitrogens with zero attached hydrogens (tertiary/aromatic N) is 3. The van der Waals surface area contributed by atoms with Gasteiger partial charge >= 0.3 is 5.97 Å². The van der Waals surface area contributed by atoms with E-state index in [1.54, 1.807) is 35.1 Å². The van der Waals surface area contributed by atoms with E-state index in [1.807, 2.05) is 12.1 Å². The number of hydrogen-bond donors (Lipinski definition) is 1. The standard InChI is InChI=1S/C17H15N3O2/c1-2-12-3-5-13(6-4-12)16-11-18-19-20(16)15-9-7-14(8-10-15)17(21)22/h3-11H,2H2,1H3,(H,21,22). The zero-order valence-corrected chi connectivity index (χ0v) is 12.1. The van der Waals surface area contributed by atoms with Gasteiger partial charge in [-0.2, -0.15) is 0 Å². The summed E-state index contributed by atoms with van der Waals surface area (Å²) >= 11 is 0. The molecule has 0 spiro atoms. The van der Waals surface area contributed by atoms with Crippen LogP contribution in [-0.4, -0.2) is 26.1 Å². The molecule has 1 N–H and O–H groups in total. The highest BCUT2D eigenvalue weighted by atomic mass is 16.4. The largest absolute Gasteiger partial charge is 0.478 e. The molecule has 3 rings (SSSR count). The van der Waals surface area contributed by atoms with Gasteiger partial charge in [-0.05, 0) is 36.2 Å². The molecule has 110 valence electrons. The molecule has 0 saturated heterocycles. The molecule has 0 aliphatic carbocycles. The average Bonchev–Trinajstić information content (AvgIpc) is 3.04. The first-order valence-electron chi connectivity index (χ1n) is 7.03. The van der Waals surface area contributed by atoms with Gasteiger partial charge in [-0.15, -0.1) is 5.10 Å². The lowest BCUT2D eigenvalue weighted by Crippen LogP contribution is -2.01. The minimum atomic E-state index is -0.944. The number of rotatable bonds is 4. The Morgan fingerprint density at radius 2 is 1.77 bits per heavy atom. The van der Waals surface area contributed by atoms with Crippen LogP contribution in [0.4, 0.5) is 0 Å². The molecule has 0 aliphatic rings. The first kappa shape index (κ1) is 14.0. The van der Waals surface area contributed by atoms with Crippen molar-refractivity contribution in [3.63, 3.8) is 0 Å². The molecular weight excluding hydrogens is 278 g/mol. The van der Waals surface area contributed by atoms with E-state index in [1.165, 1.54) is 5.56 Å². The van der Waals surface area contributed by atoms with Crippen molar-refractivity contribution in [2.75, 3.05) is 0 Å². The molecule has 2 aromatic carbocycles. The monoisotopic (exact) mass is 293 g/mol. The summed E-state index contributed by atoms with van der Waals surface area (Å²) in [6, 6.07) is 14.8. The van der Waals surface area contributed by atoms with Gasteiger partial charge < -0.3 is 5.11 Å². The van der Waals surface area contributed by atoms with Crippen molar-refractivity contribution in [1.29, 1.82) is 0 Å². The van der Waals surface area contributed by atoms with Gasteiger partial charge in [0, 0.05) is 5.56 Å². The topological polar surface area (TPSA) is 68.0 Å². The fourth-order valence-electron chi connectivity index (χ4n) is 2.28. The van der Waals surface area contributed by atoms with Gasteiger partial charge in [0.25, 0.3) is 0 Å². The van der Waals surface area contributed by atoms with Crippen LogP contribution in [-0.2, 0) is 6.42 Å². The number of benzene rings is 2. The fraction of sp³-hybridized carbons (Fsp3) is 0.118. The van der Waals surface area contributed by atoms with E-state index in [-0.39, 0.29) is 5.56 Å². The van der Waals surface area contributed by atoms with Crippen molar-refractivity contribution in [2.45, 2.75) is 13.3 Å². The van der Waals surface area contributed by atoms with Crippen molar-refractivity contribution in [3.05, 3.63) is 65.9 Å². The van der Waals surface area contributed by atoms with Crippen LogP contribution in [0.15, 0.2) is 54.7 Å². The Hall–Kier alpha value is -2.95. The highest BCUT2D eigenvalue weighted by Gasteiger charge is 2.10. The van der Waals surface area contributed by atoms with Crippen LogP contribution < -0.4 is 0 Å². The number of carbonyl (C=O) groups is 1. The third-order valence-electron chi connectivity index (χ3n) is 3.57. The summed E-state index contributed by atoms with van der Waals surface area (Å²) in [6.07, 6.45) is 2.69. The molecule has 0 radical (unpaired) electrons. The van der Waals surface area contributed by atoms with Crippen molar-refractivity contribution < 1.29 is 9.90 Å². The van der Waals surface area contributed by atoms with Gasteiger partial charge in [-0.3, -0.25) is 0 Å². The van der Waals surface area contributed by atoms with Crippen LogP contribution >= 0.6 is 0 Å². The van der Waals surface area contributed by atoms with E-state index in [2.05, 4.69) is 29.4 Å². The van der Waals surface area contributed by atoms with E-state index in [4.69, 9.17) is 5.11 Å². The lowest BCUT2D eigenvalue weighted by Gasteiger charge is -2.07. The molecule has 0 aliphatic heterocycles. The predicted molar refractivity (Wildman–Crippen MR) is 83.1 cm³/mol. The van der Waals surface area contributed by atoms with Crippen LogP contribution in [0.1, 0.15) is 22.8 Å². The third-order valence-corrected chi connectivity index (χ3v) is 3.57. The lowest BCUT2D eigenvalue weighted by molar-refractivity contribution is 0.0697. The Bertz CT molecular complexity index is 790. The second-order valence-corrected chi connectivity index (χ2v) is 4.93. The summed E-state index contributed by atoms with van der Waals surface area (Å²) in [6.45, 7) is 2.12. The molecule has 22 heavy (non-hydrogen) atoms. The maximum absolute atomic E-state index is 10.9. The Balaban J connectivity index is 1.99. The van der Waals surface area contributed by atoms with E-state index >= 15 is 0 Å². The molecule has 0 saturated carbocycles. The normalized spacial score (nSPS) is 10.6. The Morgan fingerprint density at radius 1 is 1.09 bits per heavy atom. The number of aromatic nitrogens is 3. The van der Waals surface area contributed by atoms with Crippen LogP contribution in [0.25, 0.3) is 16.9 Å². The van der Waals surface area contributed by atoms with Crippen molar-refractivity contribution >= 4 is 5.97 Å². The van der Waals surface area contributed by atoms with Crippen LogP contribution in [0, 0.1) is 0 Å². The van der Waals surface area contributed by atoms with E-state index in [0.717, 1.165) is 23.4 Å². The Morgan fingerprint density at radius 3 is 2.36 bits per heavy atom. The molecule has 1 heterocycles. The maximum atomic E-state index is 10.9. The van der Waals surface area contributed by atoms with Gasteiger partial charge in [0.1, 0.15) is 0 Å². The average molecular weight is 293 g/mol. The lowest BCUT2D eigenvalue weighted by atomic mass is 10.1. The van der Waals surface area contributed by atoms with Crippen LogP contribution in [0.3, 0.4) is 0 Å². The molecule has 0 bridgehead atoms. The molecule has 1 aromatic heterocycles. The van der Waals surface area contributed by atoms with Crippen molar-refractivity contribution in [3.8, 4) is 16.9 Å². The van der Waals surface area contributed by atoms with E-state index in [9.17, 15) is 4.79 Å². The van der Waals surface area contributed by atoms with Gasteiger partial charge in [0.2, 0.25) is 0 Å². The molecule has 0 fully saturated rings. The molecule has 5 heteroatoms. The summed E-state index contributed by atoms with van der Waals surface area (Å²) in [4.78, 5) is 10.9. The van der Waals surface area contributed by atoms with Gasteiger partial charge in [0.05, 0.1) is 23.1 Å². The first-order valence-corrected chi connectivity index (χ1v) is 7.03. The number of hydrogen-bond acceptors (Lipinski definition) is 3. The quantitative estimate of drug-likeness (QED) is 0.802. The minimum Gasteiger partial charge on any atom is -0.478 e. The molecule has 5 nitrogen and oxygen atoms in total. The maximum Gasteiger partial charge on any atom is 0.335 e. The number of aryl methyl sites for hydroxylation is 1. The van der Waals surface area contributed by atoms with Gasteiger partial charge in [0.15, 0.2) is 0 Å². The first-order chi connectivity index (χ1) is 10.7. The molecule has 0 atom stereocenters. The molecule has 3 aromatic rings. The fourth-order valence-corrected chi connectivity index (χ4v) is 2.28. The minimum absolute atomic E-state index is 0.248. The highest BCUT2D eigenvalue weighted by Crippen LogP contribution is 2.22. The third kappa shape index (κ3) is 2.61. The summed E-state index contributed by atoms with van der Waals surface area (Å²) in [5.41, 5.74) is 4.18. The van der Waals surface area contributed by atoms with Crippen molar-refractivity contribution in [2.24, 2.45) is 0 Å². The SMILES string of the molecule is CCc1ccc(-c2cnnn2-c2ccc(C(=O)O)cc2)cc1. The van der Waals surface area contributed by atoms with Gasteiger partial charge in [-0.1, -0.05) is 36.4 Å². The second kappa shape index (κ2) is 5.81. The predicted octanol–water partition coefficient (Wildman–Crippen LogP) is 3.19. The van der Waals surface area contributed by atoms with Crippen LogP contribution in [0.2, 0.25) is 0 Å². The summed E-state index contributed by atoms with van der Waals surface area (Å²) < 4.78 is 1.70. The molecule has 0 unspecified atom stereocenters. The van der Waals surface area contributed by atoms with Gasteiger partial charge in [-0.25, -0.2) is 9.48 Å². The number of carboxylic acid groups (broad SMARTS) is 1. The number of carboxylic acids is 1. The Labute approximate surface area is 127 Å². The highest BCUT2D eigenvalue weighted by molar-refractivity contribution is 5.87. The zero-order chi connectivity index (χ0) is 15.5. The zero-order valence-electron chi connectivity index (χ0n) is 12.1. The molecular formula is C17H15N3O2. The summed E-state index contributed by atoms with van der Waals surface area (Å²) in [5, 5.41) is 17.0. The molecule has 0 amide bonds. The van der Waals surface area contributed by atoms with E-state index in [0.29, 0.717) is 0 Å². The van der Waals surface area contributed by atoms with Crippen molar-refractivity contribution in [1.82, 2.24) is 15.0 Å². The Kier molecular flexibility index (Phi) is 3.70. The smallest absolute Gasteiger partial charge is 0.335 e. The number of aromatic carboxylic acids is 1. The second-order valence-electron chi connectivity index (χ2n) is 4.93. The summed E-state index contributed by atoms with van der Waals surface area (Å²) in [5.74, 6) is -0.944. The summed E-state index contributed by atoms with van der Waals surface area (Å²) in [7, 11) is 0. The van der Waals surface area contributed by atoms with E-state index < -0.39 is 5.97 Å².